The monoisotopic (exact) mass is 307 g/mol. The largest absolute Gasteiger partial charge is 0.314 e. The van der Waals surface area contributed by atoms with Crippen molar-refractivity contribution in [1.29, 1.82) is 0 Å². The van der Waals surface area contributed by atoms with Crippen LogP contribution in [0, 0.1) is 11.8 Å². The Morgan fingerprint density at radius 1 is 1.14 bits per heavy atom. The summed E-state index contributed by atoms with van der Waals surface area (Å²) in [7, 11) is 0. The van der Waals surface area contributed by atoms with Crippen molar-refractivity contribution in [1.82, 2.24) is 5.32 Å². The van der Waals surface area contributed by atoms with Gasteiger partial charge in [0.15, 0.2) is 0 Å². The summed E-state index contributed by atoms with van der Waals surface area (Å²) in [5.41, 5.74) is 1.39. The Balaban J connectivity index is 2.03. The van der Waals surface area contributed by atoms with Gasteiger partial charge in [0, 0.05) is 11.1 Å². The highest BCUT2D eigenvalue weighted by molar-refractivity contribution is 6.30. The molecule has 0 aliphatic heterocycles. The lowest BCUT2D eigenvalue weighted by molar-refractivity contribution is 0.279. The highest BCUT2D eigenvalue weighted by Crippen LogP contribution is 2.31. The smallest absolute Gasteiger partial charge is 0.0408 e. The van der Waals surface area contributed by atoms with Crippen LogP contribution >= 0.6 is 11.6 Å². The molecule has 1 aromatic rings. The molecule has 1 fully saturated rings. The van der Waals surface area contributed by atoms with E-state index in [1.165, 1.54) is 44.1 Å². The van der Waals surface area contributed by atoms with Gasteiger partial charge in [-0.1, -0.05) is 76.1 Å². The van der Waals surface area contributed by atoms with Gasteiger partial charge in [-0.2, -0.15) is 0 Å². The fourth-order valence-corrected chi connectivity index (χ4v) is 3.75. The second kappa shape index (κ2) is 8.80. The molecule has 2 rings (SSSR count). The first kappa shape index (κ1) is 16.8. The molecule has 1 N–H and O–H groups in total. The van der Waals surface area contributed by atoms with Gasteiger partial charge in [-0.25, -0.2) is 0 Å². The highest BCUT2D eigenvalue weighted by Gasteiger charge is 2.23. The standard InChI is InChI=1S/C19H30ClN/c1-15(2)21-14-18(17-9-5-3-4-6-10-17)12-16-8-7-11-19(20)13-16/h7-8,11,13,15,17-18,21H,3-6,9-10,12,14H2,1-2H3. The minimum atomic E-state index is 0.567. The lowest BCUT2D eigenvalue weighted by Crippen LogP contribution is -2.33. The Morgan fingerprint density at radius 2 is 1.86 bits per heavy atom. The molecule has 1 atom stereocenters. The molecule has 0 amide bonds. The average molecular weight is 308 g/mol. The third kappa shape index (κ3) is 6.00. The molecule has 0 saturated heterocycles. The van der Waals surface area contributed by atoms with Crippen molar-refractivity contribution in [3.63, 3.8) is 0 Å². The van der Waals surface area contributed by atoms with Crippen LogP contribution in [0.2, 0.25) is 5.02 Å². The zero-order valence-corrected chi connectivity index (χ0v) is 14.3. The van der Waals surface area contributed by atoms with Crippen molar-refractivity contribution in [2.24, 2.45) is 11.8 Å². The second-order valence-electron chi connectivity index (χ2n) is 6.91. The molecule has 1 aliphatic carbocycles. The zero-order chi connectivity index (χ0) is 15.1. The molecule has 1 unspecified atom stereocenters. The first-order valence-corrected chi connectivity index (χ1v) is 9.01. The minimum absolute atomic E-state index is 0.567. The van der Waals surface area contributed by atoms with Gasteiger partial charge in [0.1, 0.15) is 0 Å². The van der Waals surface area contributed by atoms with Crippen LogP contribution in [0.15, 0.2) is 24.3 Å². The van der Waals surface area contributed by atoms with E-state index in [-0.39, 0.29) is 0 Å². The third-order valence-electron chi connectivity index (χ3n) is 4.74. The molecule has 0 spiro atoms. The minimum Gasteiger partial charge on any atom is -0.314 e. The van der Waals surface area contributed by atoms with Gasteiger partial charge in [-0.05, 0) is 42.5 Å². The van der Waals surface area contributed by atoms with E-state index in [1.807, 2.05) is 6.07 Å². The van der Waals surface area contributed by atoms with Crippen molar-refractivity contribution in [2.75, 3.05) is 6.54 Å². The summed E-state index contributed by atoms with van der Waals surface area (Å²) >= 11 is 6.15. The maximum Gasteiger partial charge on any atom is 0.0408 e. The van der Waals surface area contributed by atoms with E-state index in [2.05, 4.69) is 37.4 Å². The number of benzene rings is 1. The van der Waals surface area contributed by atoms with Crippen LogP contribution in [0.25, 0.3) is 0 Å². The van der Waals surface area contributed by atoms with Crippen molar-refractivity contribution < 1.29 is 0 Å². The van der Waals surface area contributed by atoms with Crippen LogP contribution in [-0.4, -0.2) is 12.6 Å². The van der Waals surface area contributed by atoms with Crippen LogP contribution in [-0.2, 0) is 6.42 Å². The lowest BCUT2D eigenvalue weighted by Gasteiger charge is -2.28. The first-order chi connectivity index (χ1) is 10.1. The Morgan fingerprint density at radius 3 is 2.48 bits per heavy atom. The van der Waals surface area contributed by atoms with E-state index in [9.17, 15) is 0 Å². The van der Waals surface area contributed by atoms with Crippen molar-refractivity contribution in [2.45, 2.75) is 64.8 Å². The lowest BCUT2D eigenvalue weighted by atomic mass is 9.82. The Hall–Kier alpha value is -0.530. The highest BCUT2D eigenvalue weighted by atomic mass is 35.5. The number of rotatable bonds is 6. The molecule has 1 aliphatic rings. The van der Waals surface area contributed by atoms with Crippen LogP contribution in [0.3, 0.4) is 0 Å². The maximum atomic E-state index is 6.15. The molecule has 1 nitrogen and oxygen atoms in total. The zero-order valence-electron chi connectivity index (χ0n) is 13.6. The van der Waals surface area contributed by atoms with E-state index in [0.29, 0.717) is 6.04 Å². The summed E-state index contributed by atoms with van der Waals surface area (Å²) in [4.78, 5) is 0. The van der Waals surface area contributed by atoms with Gasteiger partial charge in [0.25, 0.3) is 0 Å². The maximum absolute atomic E-state index is 6.15. The van der Waals surface area contributed by atoms with Gasteiger partial charge in [-0.15, -0.1) is 0 Å². The Bertz CT molecular complexity index is 408. The molecule has 0 heterocycles. The second-order valence-corrected chi connectivity index (χ2v) is 7.35. The van der Waals surface area contributed by atoms with Crippen molar-refractivity contribution in [3.05, 3.63) is 34.9 Å². The SMILES string of the molecule is CC(C)NCC(Cc1cccc(Cl)c1)C1CCCCCC1. The van der Waals surface area contributed by atoms with Gasteiger partial charge in [-0.3, -0.25) is 0 Å². The summed E-state index contributed by atoms with van der Waals surface area (Å²) < 4.78 is 0. The van der Waals surface area contributed by atoms with E-state index >= 15 is 0 Å². The number of halogens is 1. The van der Waals surface area contributed by atoms with Crippen LogP contribution in [0.4, 0.5) is 0 Å². The number of hydrogen-bond acceptors (Lipinski definition) is 1. The van der Waals surface area contributed by atoms with E-state index in [4.69, 9.17) is 11.6 Å². The molecule has 21 heavy (non-hydrogen) atoms. The summed E-state index contributed by atoms with van der Waals surface area (Å²) in [6, 6.07) is 8.99. The normalized spacial score (nSPS) is 18.7. The predicted molar refractivity (Wildman–Crippen MR) is 93.0 cm³/mol. The average Bonchev–Trinajstić information content (AvgIpc) is 2.72. The van der Waals surface area contributed by atoms with Crippen LogP contribution in [0.5, 0.6) is 0 Å². The quantitative estimate of drug-likeness (QED) is 0.687. The molecule has 1 aromatic carbocycles. The van der Waals surface area contributed by atoms with Gasteiger partial charge in [0.2, 0.25) is 0 Å². The fraction of sp³-hybridized carbons (Fsp3) is 0.684. The van der Waals surface area contributed by atoms with Gasteiger partial charge in [0.05, 0.1) is 0 Å². The summed E-state index contributed by atoms with van der Waals surface area (Å²) in [6.45, 7) is 5.61. The molecule has 0 bridgehead atoms. The molecule has 1 saturated carbocycles. The summed E-state index contributed by atoms with van der Waals surface area (Å²) in [5.74, 6) is 1.61. The summed E-state index contributed by atoms with van der Waals surface area (Å²) in [5, 5.41) is 4.53. The topological polar surface area (TPSA) is 12.0 Å². The summed E-state index contributed by atoms with van der Waals surface area (Å²) in [6.07, 6.45) is 9.66. The van der Waals surface area contributed by atoms with Crippen LogP contribution < -0.4 is 5.32 Å². The van der Waals surface area contributed by atoms with E-state index in [1.54, 1.807) is 0 Å². The van der Waals surface area contributed by atoms with Crippen molar-refractivity contribution >= 4 is 11.6 Å². The van der Waals surface area contributed by atoms with Gasteiger partial charge >= 0.3 is 0 Å². The molecule has 0 radical (unpaired) electrons. The molecule has 0 aromatic heterocycles. The fourth-order valence-electron chi connectivity index (χ4n) is 3.54. The predicted octanol–water partition coefficient (Wildman–Crippen LogP) is 5.47. The Labute approximate surface area is 135 Å². The number of hydrogen-bond donors (Lipinski definition) is 1. The molecule has 118 valence electrons. The molecular formula is C19H30ClN. The third-order valence-corrected chi connectivity index (χ3v) is 4.98. The van der Waals surface area contributed by atoms with Crippen molar-refractivity contribution in [3.8, 4) is 0 Å². The first-order valence-electron chi connectivity index (χ1n) is 8.63. The number of nitrogens with one attached hydrogen (secondary N) is 1. The molecular weight excluding hydrogens is 278 g/mol. The Kier molecular flexibility index (Phi) is 7.06. The molecule has 2 heteroatoms. The van der Waals surface area contributed by atoms with Gasteiger partial charge < -0.3 is 5.32 Å². The van der Waals surface area contributed by atoms with E-state index in [0.717, 1.165) is 29.8 Å². The van der Waals surface area contributed by atoms with Crippen LogP contribution in [0.1, 0.15) is 57.9 Å². The van der Waals surface area contributed by atoms with E-state index < -0.39 is 0 Å².